The van der Waals surface area contributed by atoms with E-state index in [4.69, 9.17) is 0 Å². The summed E-state index contributed by atoms with van der Waals surface area (Å²) in [7, 11) is -4.10. The van der Waals surface area contributed by atoms with Gasteiger partial charge < -0.3 is 4.74 Å². The molecule has 1 aromatic carbocycles. The Morgan fingerprint density at radius 3 is 2.42 bits per heavy atom. The maximum Gasteiger partial charge on any atom is 0.413 e. The summed E-state index contributed by atoms with van der Waals surface area (Å²) in [5.74, 6) is -2.58. The highest BCUT2D eigenvalue weighted by Crippen LogP contribution is 2.21. The Morgan fingerprint density at radius 1 is 1.19 bits per heavy atom. The number of ether oxygens (including phenoxy) is 1. The van der Waals surface area contributed by atoms with Gasteiger partial charge in [-0.15, -0.1) is 0 Å². The van der Waals surface area contributed by atoms with Crippen LogP contribution in [0.1, 0.15) is 6.92 Å². The smallest absolute Gasteiger partial charge is 0.413 e. The molecule has 1 N–H and O–H groups in total. The van der Waals surface area contributed by atoms with Gasteiger partial charge in [-0.05, 0) is 19.1 Å². The third-order valence-electron chi connectivity index (χ3n) is 3.73. The standard InChI is InChI=1S/C15H19F2N3O5S/c1-2-25-15(22)18-14(21)10-19-5-7-20(8-6-19)26(23,24)13-4-3-11(16)9-12(13)17/h3-4,9H,2,5-8,10H2,1H3,(H,18,21,22). The van der Waals surface area contributed by atoms with E-state index in [2.05, 4.69) is 4.74 Å². The fourth-order valence-electron chi connectivity index (χ4n) is 2.48. The van der Waals surface area contributed by atoms with E-state index in [0.717, 1.165) is 16.4 Å². The molecule has 0 bridgehead atoms. The predicted molar refractivity (Wildman–Crippen MR) is 86.7 cm³/mol. The van der Waals surface area contributed by atoms with Crippen LogP contribution in [0.15, 0.2) is 23.1 Å². The molecule has 1 aromatic rings. The highest BCUT2D eigenvalue weighted by molar-refractivity contribution is 7.89. The minimum atomic E-state index is -4.10. The van der Waals surface area contributed by atoms with Crippen molar-refractivity contribution in [1.82, 2.24) is 14.5 Å². The summed E-state index contributed by atoms with van der Waals surface area (Å²) in [6.07, 6.45) is -0.842. The van der Waals surface area contributed by atoms with Crippen LogP contribution in [0.4, 0.5) is 13.6 Å². The van der Waals surface area contributed by atoms with Crippen molar-refractivity contribution in [2.24, 2.45) is 0 Å². The largest absolute Gasteiger partial charge is 0.450 e. The van der Waals surface area contributed by atoms with Crippen LogP contribution in [-0.4, -0.2) is 69.0 Å². The van der Waals surface area contributed by atoms with Gasteiger partial charge in [0, 0.05) is 32.2 Å². The molecular formula is C15H19F2N3O5S. The lowest BCUT2D eigenvalue weighted by atomic mass is 10.3. The molecule has 1 saturated heterocycles. The van der Waals surface area contributed by atoms with Crippen molar-refractivity contribution in [3.63, 3.8) is 0 Å². The quantitative estimate of drug-likeness (QED) is 0.787. The third kappa shape index (κ3) is 4.96. The van der Waals surface area contributed by atoms with Crippen molar-refractivity contribution in [3.8, 4) is 0 Å². The number of alkyl carbamates (subject to hydrolysis) is 1. The van der Waals surface area contributed by atoms with E-state index in [-0.39, 0.29) is 39.3 Å². The maximum absolute atomic E-state index is 13.8. The van der Waals surface area contributed by atoms with Gasteiger partial charge in [-0.2, -0.15) is 4.31 Å². The van der Waals surface area contributed by atoms with Gasteiger partial charge in [-0.1, -0.05) is 0 Å². The van der Waals surface area contributed by atoms with Crippen LogP contribution < -0.4 is 5.32 Å². The van der Waals surface area contributed by atoms with Crippen LogP contribution in [0.5, 0.6) is 0 Å². The van der Waals surface area contributed by atoms with E-state index in [1.807, 2.05) is 5.32 Å². The summed E-state index contributed by atoms with van der Waals surface area (Å²) in [5, 5.41) is 2.05. The molecule has 0 radical (unpaired) electrons. The molecule has 1 heterocycles. The van der Waals surface area contributed by atoms with Crippen LogP contribution in [0.25, 0.3) is 0 Å². The van der Waals surface area contributed by atoms with Crippen LogP contribution in [0, 0.1) is 11.6 Å². The van der Waals surface area contributed by atoms with Gasteiger partial charge in [0.1, 0.15) is 16.5 Å². The topological polar surface area (TPSA) is 96.0 Å². The summed E-state index contributed by atoms with van der Waals surface area (Å²) in [4.78, 5) is 23.9. The first kappa shape index (κ1) is 20.2. The summed E-state index contributed by atoms with van der Waals surface area (Å²) in [6, 6.07) is 2.29. The number of rotatable bonds is 5. The molecule has 0 aromatic heterocycles. The summed E-state index contributed by atoms with van der Waals surface area (Å²) in [5.41, 5.74) is 0. The predicted octanol–water partition coefficient (Wildman–Crippen LogP) is 0.544. The minimum absolute atomic E-state index is 0.0336. The fraction of sp³-hybridized carbons (Fsp3) is 0.467. The van der Waals surface area contributed by atoms with Gasteiger partial charge in [0.15, 0.2) is 0 Å². The molecular weight excluding hydrogens is 372 g/mol. The third-order valence-corrected chi connectivity index (χ3v) is 5.66. The van der Waals surface area contributed by atoms with E-state index >= 15 is 0 Å². The van der Waals surface area contributed by atoms with Gasteiger partial charge in [0.2, 0.25) is 15.9 Å². The van der Waals surface area contributed by atoms with Crippen LogP contribution in [-0.2, 0) is 19.6 Å². The average molecular weight is 391 g/mol. The SMILES string of the molecule is CCOC(=O)NC(=O)CN1CCN(S(=O)(=O)c2ccc(F)cc2F)CC1. The molecule has 26 heavy (non-hydrogen) atoms. The lowest BCUT2D eigenvalue weighted by Gasteiger charge is -2.33. The van der Waals surface area contributed by atoms with E-state index in [0.29, 0.717) is 6.07 Å². The molecule has 0 aliphatic carbocycles. The molecule has 144 valence electrons. The fourth-order valence-corrected chi connectivity index (χ4v) is 3.94. The van der Waals surface area contributed by atoms with Crippen molar-refractivity contribution >= 4 is 22.0 Å². The van der Waals surface area contributed by atoms with Crippen LogP contribution >= 0.6 is 0 Å². The highest BCUT2D eigenvalue weighted by Gasteiger charge is 2.31. The van der Waals surface area contributed by atoms with E-state index < -0.39 is 38.6 Å². The number of carbonyl (C=O) groups excluding carboxylic acids is 2. The molecule has 8 nitrogen and oxygen atoms in total. The summed E-state index contributed by atoms with van der Waals surface area (Å²) < 4.78 is 57.4. The number of imide groups is 1. The van der Waals surface area contributed by atoms with Gasteiger partial charge in [-0.3, -0.25) is 15.0 Å². The Balaban J connectivity index is 1.93. The first-order valence-corrected chi connectivity index (χ1v) is 9.32. The number of nitrogens with one attached hydrogen (secondary N) is 1. The number of carbonyl (C=O) groups is 2. The Morgan fingerprint density at radius 2 is 1.85 bits per heavy atom. The normalized spacial score (nSPS) is 16.3. The minimum Gasteiger partial charge on any atom is -0.450 e. The maximum atomic E-state index is 13.8. The van der Waals surface area contributed by atoms with Crippen LogP contribution in [0.3, 0.4) is 0 Å². The molecule has 2 rings (SSSR count). The van der Waals surface area contributed by atoms with Crippen molar-refractivity contribution in [2.45, 2.75) is 11.8 Å². The van der Waals surface area contributed by atoms with E-state index in [1.165, 1.54) is 0 Å². The number of hydrogen-bond acceptors (Lipinski definition) is 6. The molecule has 0 spiro atoms. The molecule has 11 heteroatoms. The average Bonchev–Trinajstić information content (AvgIpc) is 2.55. The van der Waals surface area contributed by atoms with Crippen molar-refractivity contribution in [1.29, 1.82) is 0 Å². The summed E-state index contributed by atoms with van der Waals surface area (Å²) >= 11 is 0. The second-order valence-corrected chi connectivity index (χ2v) is 7.43. The Hall–Kier alpha value is -2.11. The lowest BCUT2D eigenvalue weighted by molar-refractivity contribution is -0.121. The number of benzene rings is 1. The molecule has 0 unspecified atom stereocenters. The zero-order valence-electron chi connectivity index (χ0n) is 14.1. The van der Waals surface area contributed by atoms with Crippen LogP contribution in [0.2, 0.25) is 0 Å². The second kappa shape index (κ2) is 8.52. The molecule has 0 atom stereocenters. The second-order valence-electron chi connectivity index (χ2n) is 5.52. The zero-order chi connectivity index (χ0) is 19.3. The molecule has 1 fully saturated rings. The van der Waals surface area contributed by atoms with Crippen molar-refractivity contribution in [2.75, 3.05) is 39.3 Å². The number of sulfonamides is 1. The summed E-state index contributed by atoms with van der Waals surface area (Å²) in [6.45, 7) is 2.15. The molecule has 2 amide bonds. The molecule has 1 aliphatic rings. The zero-order valence-corrected chi connectivity index (χ0v) is 14.9. The number of halogens is 2. The lowest BCUT2D eigenvalue weighted by Crippen LogP contribution is -2.51. The molecule has 1 aliphatic heterocycles. The number of piperazine rings is 1. The van der Waals surface area contributed by atoms with Crippen molar-refractivity contribution in [3.05, 3.63) is 29.8 Å². The monoisotopic (exact) mass is 391 g/mol. The van der Waals surface area contributed by atoms with Gasteiger partial charge in [0.25, 0.3) is 0 Å². The first-order valence-electron chi connectivity index (χ1n) is 7.88. The van der Waals surface area contributed by atoms with Gasteiger partial charge >= 0.3 is 6.09 Å². The van der Waals surface area contributed by atoms with E-state index in [1.54, 1.807) is 11.8 Å². The number of amides is 2. The number of hydrogen-bond donors (Lipinski definition) is 1. The van der Waals surface area contributed by atoms with Gasteiger partial charge in [0.05, 0.1) is 13.2 Å². The molecule has 0 saturated carbocycles. The first-order chi connectivity index (χ1) is 12.2. The number of nitrogens with zero attached hydrogens (tertiary/aromatic N) is 2. The highest BCUT2D eigenvalue weighted by atomic mass is 32.2. The Labute approximate surface area is 149 Å². The van der Waals surface area contributed by atoms with E-state index in [9.17, 15) is 26.8 Å². The Kier molecular flexibility index (Phi) is 6.62. The van der Waals surface area contributed by atoms with Gasteiger partial charge in [-0.25, -0.2) is 22.0 Å². The Bertz CT molecular complexity index is 779. The van der Waals surface area contributed by atoms with Crippen molar-refractivity contribution < 1.29 is 31.5 Å².